The smallest absolute Gasteiger partial charge is 0.326 e. The van der Waals surface area contributed by atoms with Gasteiger partial charge in [-0.05, 0) is 18.4 Å². The molecule has 0 aliphatic rings. The Bertz CT molecular complexity index is 421. The van der Waals surface area contributed by atoms with Crippen LogP contribution in [-0.2, 0) is 4.79 Å². The Morgan fingerprint density at radius 3 is 2.68 bits per heavy atom. The van der Waals surface area contributed by atoms with E-state index < -0.39 is 18.0 Å². The lowest BCUT2D eigenvalue weighted by Gasteiger charge is -2.26. The number of hydrogen-bond acceptors (Lipinski definition) is 4. The lowest BCUT2D eigenvalue weighted by atomic mass is 10.2. The molecule has 1 aromatic heterocycles. The van der Waals surface area contributed by atoms with E-state index in [1.165, 1.54) is 16.2 Å². The Morgan fingerprint density at radius 2 is 2.21 bits per heavy atom. The molecular formula is C12H18N2O4S. The Kier molecular flexibility index (Phi) is 5.78. The number of aliphatic hydroxyl groups excluding tert-OH is 1. The summed E-state index contributed by atoms with van der Waals surface area (Å²) < 4.78 is 0. The predicted octanol–water partition coefficient (Wildman–Crippen LogP) is 1.29. The molecule has 0 saturated carbocycles. The maximum Gasteiger partial charge on any atom is 0.326 e. The van der Waals surface area contributed by atoms with Crippen molar-refractivity contribution in [3.05, 3.63) is 22.4 Å². The molecule has 0 fully saturated rings. The lowest BCUT2D eigenvalue weighted by molar-refractivity contribution is -0.139. The minimum absolute atomic E-state index is 0.0116. The van der Waals surface area contributed by atoms with Crippen LogP contribution >= 0.6 is 11.3 Å². The van der Waals surface area contributed by atoms with Gasteiger partial charge < -0.3 is 20.4 Å². The maximum absolute atomic E-state index is 11.9. The number of carboxylic acid groups (broad SMARTS) is 1. The van der Waals surface area contributed by atoms with E-state index >= 15 is 0 Å². The van der Waals surface area contributed by atoms with Crippen LogP contribution in [0.2, 0.25) is 0 Å². The van der Waals surface area contributed by atoms with Crippen LogP contribution in [0.3, 0.4) is 0 Å². The zero-order valence-electron chi connectivity index (χ0n) is 10.9. The first kappa shape index (κ1) is 15.5. The van der Waals surface area contributed by atoms with Crippen molar-refractivity contribution < 1.29 is 19.8 Å². The van der Waals surface area contributed by atoms with Gasteiger partial charge in [-0.15, -0.1) is 11.3 Å². The maximum atomic E-state index is 11.9. The van der Waals surface area contributed by atoms with Crippen molar-refractivity contribution in [1.82, 2.24) is 10.2 Å². The van der Waals surface area contributed by atoms with Crippen molar-refractivity contribution in [2.24, 2.45) is 0 Å². The summed E-state index contributed by atoms with van der Waals surface area (Å²) in [6.07, 6.45) is -0.0116. The van der Waals surface area contributed by atoms with Gasteiger partial charge in [-0.1, -0.05) is 6.07 Å². The fourth-order valence-corrected chi connectivity index (χ4v) is 2.36. The molecule has 0 aliphatic carbocycles. The van der Waals surface area contributed by atoms with Crippen molar-refractivity contribution in [3.63, 3.8) is 0 Å². The Hall–Kier alpha value is -1.60. The number of carboxylic acids is 1. The quantitative estimate of drug-likeness (QED) is 0.735. The summed E-state index contributed by atoms with van der Waals surface area (Å²) >= 11 is 1.53. The second kappa shape index (κ2) is 7.10. The minimum Gasteiger partial charge on any atom is -0.480 e. The first-order chi connectivity index (χ1) is 8.97. The van der Waals surface area contributed by atoms with E-state index in [2.05, 4.69) is 5.32 Å². The first-order valence-corrected chi connectivity index (χ1v) is 6.75. The van der Waals surface area contributed by atoms with Gasteiger partial charge in [-0.25, -0.2) is 9.59 Å². The van der Waals surface area contributed by atoms with Gasteiger partial charge in [0.05, 0.1) is 6.04 Å². The molecule has 6 nitrogen and oxygen atoms in total. The highest BCUT2D eigenvalue weighted by Crippen LogP contribution is 2.23. The van der Waals surface area contributed by atoms with Crippen molar-refractivity contribution >= 4 is 23.3 Å². The van der Waals surface area contributed by atoms with Crippen LogP contribution in [0.1, 0.15) is 24.3 Å². The van der Waals surface area contributed by atoms with Gasteiger partial charge in [0.2, 0.25) is 0 Å². The van der Waals surface area contributed by atoms with Crippen LogP contribution < -0.4 is 5.32 Å². The highest BCUT2D eigenvalue weighted by atomic mass is 32.1. The number of carbonyl (C=O) groups excluding carboxylic acids is 1. The molecule has 2 atom stereocenters. The second-order valence-electron chi connectivity index (χ2n) is 4.15. The van der Waals surface area contributed by atoms with Crippen LogP contribution in [0.15, 0.2) is 17.5 Å². The molecule has 0 aliphatic heterocycles. The third-order valence-electron chi connectivity index (χ3n) is 2.87. The van der Waals surface area contributed by atoms with E-state index in [9.17, 15) is 9.59 Å². The Morgan fingerprint density at radius 1 is 1.53 bits per heavy atom. The van der Waals surface area contributed by atoms with Gasteiger partial charge >= 0.3 is 12.0 Å². The number of thiophene rings is 1. The third kappa shape index (κ3) is 4.22. The zero-order chi connectivity index (χ0) is 14.4. The van der Waals surface area contributed by atoms with Gasteiger partial charge in [-0.3, -0.25) is 0 Å². The fraction of sp³-hybridized carbons (Fsp3) is 0.500. The average Bonchev–Trinajstić information content (AvgIpc) is 2.89. The largest absolute Gasteiger partial charge is 0.480 e. The van der Waals surface area contributed by atoms with Gasteiger partial charge in [0, 0.05) is 25.0 Å². The van der Waals surface area contributed by atoms with Crippen LogP contribution in [0.4, 0.5) is 4.79 Å². The molecule has 0 saturated heterocycles. The van der Waals surface area contributed by atoms with Gasteiger partial charge in [0.1, 0.15) is 6.04 Å². The van der Waals surface area contributed by atoms with Crippen LogP contribution in [-0.4, -0.2) is 46.8 Å². The summed E-state index contributed by atoms with van der Waals surface area (Å²) in [4.78, 5) is 25.3. The number of hydrogen-bond donors (Lipinski definition) is 3. The summed E-state index contributed by atoms with van der Waals surface area (Å²) in [5.74, 6) is -1.15. The number of amides is 2. The molecule has 1 rings (SSSR count). The van der Waals surface area contributed by atoms with E-state index in [4.69, 9.17) is 10.2 Å². The highest BCUT2D eigenvalue weighted by Gasteiger charge is 2.24. The van der Waals surface area contributed by atoms with Crippen LogP contribution in [0, 0.1) is 0 Å². The van der Waals surface area contributed by atoms with E-state index in [0.717, 1.165) is 4.88 Å². The van der Waals surface area contributed by atoms with Crippen LogP contribution in [0.25, 0.3) is 0 Å². The fourth-order valence-electron chi connectivity index (χ4n) is 1.53. The van der Waals surface area contributed by atoms with Gasteiger partial charge in [0.15, 0.2) is 0 Å². The van der Waals surface area contributed by atoms with Crippen LogP contribution in [0.5, 0.6) is 0 Å². The number of nitrogens with one attached hydrogen (secondary N) is 1. The second-order valence-corrected chi connectivity index (χ2v) is 5.13. The molecule has 7 heteroatoms. The number of carbonyl (C=O) groups is 2. The average molecular weight is 286 g/mol. The van der Waals surface area contributed by atoms with Crippen molar-refractivity contribution in [3.8, 4) is 0 Å². The summed E-state index contributed by atoms with van der Waals surface area (Å²) in [5, 5.41) is 22.0. The molecule has 2 unspecified atom stereocenters. The standard InChI is InChI=1S/C12H18N2O4S/c1-8(10-4-3-7-19-10)14(2)12(18)13-9(5-6-15)11(16)17/h3-4,7-9,15H,5-6H2,1-2H3,(H,13,18)(H,16,17). The molecule has 19 heavy (non-hydrogen) atoms. The van der Waals surface area contributed by atoms with E-state index in [0.29, 0.717) is 0 Å². The number of aliphatic carboxylic acids is 1. The number of urea groups is 1. The highest BCUT2D eigenvalue weighted by molar-refractivity contribution is 7.10. The Balaban J connectivity index is 2.63. The van der Waals surface area contributed by atoms with E-state index in [-0.39, 0.29) is 19.1 Å². The predicted molar refractivity (Wildman–Crippen MR) is 72.2 cm³/mol. The molecule has 3 N–H and O–H groups in total. The summed E-state index contributed by atoms with van der Waals surface area (Å²) in [7, 11) is 1.61. The topological polar surface area (TPSA) is 89.9 Å². The van der Waals surface area contributed by atoms with Crippen molar-refractivity contribution in [2.45, 2.75) is 25.4 Å². The zero-order valence-corrected chi connectivity index (χ0v) is 11.7. The first-order valence-electron chi connectivity index (χ1n) is 5.87. The minimum atomic E-state index is -1.15. The number of nitrogens with zero attached hydrogens (tertiary/aromatic N) is 1. The molecule has 0 bridgehead atoms. The Labute approximate surface area is 115 Å². The van der Waals surface area contributed by atoms with E-state index in [1.54, 1.807) is 7.05 Å². The molecule has 2 amide bonds. The molecule has 0 spiro atoms. The molecule has 0 aromatic carbocycles. The summed E-state index contributed by atoms with van der Waals surface area (Å²) in [6.45, 7) is 1.58. The van der Waals surface area contributed by atoms with Gasteiger partial charge in [-0.2, -0.15) is 0 Å². The van der Waals surface area contributed by atoms with E-state index in [1.807, 2.05) is 24.4 Å². The lowest BCUT2D eigenvalue weighted by Crippen LogP contribution is -2.47. The normalized spacial score (nSPS) is 13.6. The molecule has 0 radical (unpaired) electrons. The molecule has 1 aromatic rings. The SMILES string of the molecule is CC(c1cccs1)N(C)C(=O)NC(CCO)C(=O)O. The van der Waals surface area contributed by atoms with Gasteiger partial charge in [0.25, 0.3) is 0 Å². The monoisotopic (exact) mass is 286 g/mol. The number of rotatable bonds is 6. The third-order valence-corrected chi connectivity index (χ3v) is 3.91. The summed E-state index contributed by atoms with van der Waals surface area (Å²) in [6, 6.07) is 2.14. The molecular weight excluding hydrogens is 268 g/mol. The molecule has 106 valence electrons. The molecule has 1 heterocycles. The van der Waals surface area contributed by atoms with Crippen molar-refractivity contribution in [2.75, 3.05) is 13.7 Å². The summed E-state index contributed by atoms with van der Waals surface area (Å²) in [5.41, 5.74) is 0. The number of aliphatic hydroxyl groups is 1. The van der Waals surface area contributed by atoms with Crippen molar-refractivity contribution in [1.29, 1.82) is 0 Å².